The molecule has 0 saturated heterocycles. The highest BCUT2D eigenvalue weighted by Gasteiger charge is 2.41. The van der Waals surface area contributed by atoms with Crippen LogP contribution >= 0.6 is 0 Å². The Balaban J connectivity index is 1.69. The van der Waals surface area contributed by atoms with Crippen LogP contribution in [0.4, 0.5) is 14.9 Å². The van der Waals surface area contributed by atoms with Crippen LogP contribution in [0, 0.1) is 5.82 Å². The van der Waals surface area contributed by atoms with E-state index in [9.17, 15) is 18.8 Å². The maximum Gasteiger partial charge on any atom is 0.319 e. The zero-order valence-electron chi connectivity index (χ0n) is 15.3. The van der Waals surface area contributed by atoms with Crippen molar-refractivity contribution >= 4 is 23.5 Å². The van der Waals surface area contributed by atoms with E-state index < -0.39 is 11.6 Å². The first kappa shape index (κ1) is 18.6. The standard InChI is InChI=1S/C20H20FN3O3/c1-20(2,3)24-17(25)15-9-8-14(10-16(15)18(24)26)23-19(27)22-11-12-4-6-13(21)7-5-12/h4-10H,11H2,1-3H3,(H2,22,23,27). The molecule has 0 fully saturated rings. The van der Waals surface area contributed by atoms with Gasteiger partial charge in [0.2, 0.25) is 0 Å². The minimum Gasteiger partial charge on any atom is -0.334 e. The van der Waals surface area contributed by atoms with Crippen molar-refractivity contribution in [1.82, 2.24) is 10.2 Å². The molecule has 140 valence electrons. The van der Waals surface area contributed by atoms with E-state index in [1.807, 2.05) is 0 Å². The van der Waals surface area contributed by atoms with Crippen molar-refractivity contribution in [2.45, 2.75) is 32.9 Å². The van der Waals surface area contributed by atoms with Crippen LogP contribution in [0.25, 0.3) is 0 Å². The summed E-state index contributed by atoms with van der Waals surface area (Å²) in [4.78, 5) is 38.3. The molecule has 0 bridgehead atoms. The Kier molecular flexibility index (Phi) is 4.70. The van der Waals surface area contributed by atoms with E-state index in [1.165, 1.54) is 29.2 Å². The molecule has 1 aliphatic rings. The monoisotopic (exact) mass is 369 g/mol. The maximum absolute atomic E-state index is 12.9. The summed E-state index contributed by atoms with van der Waals surface area (Å²) in [5.41, 5.74) is 1.12. The van der Waals surface area contributed by atoms with E-state index in [0.717, 1.165) is 5.56 Å². The van der Waals surface area contributed by atoms with Gasteiger partial charge in [-0.15, -0.1) is 0 Å². The second kappa shape index (κ2) is 6.83. The van der Waals surface area contributed by atoms with Gasteiger partial charge in [-0.25, -0.2) is 9.18 Å². The molecule has 7 heteroatoms. The number of anilines is 1. The lowest BCUT2D eigenvalue weighted by molar-refractivity contribution is 0.0507. The fourth-order valence-electron chi connectivity index (χ4n) is 2.89. The van der Waals surface area contributed by atoms with Crippen molar-refractivity contribution in [3.05, 3.63) is 65.0 Å². The van der Waals surface area contributed by atoms with E-state index in [-0.39, 0.29) is 29.7 Å². The minimum atomic E-state index is -0.632. The Morgan fingerprint density at radius 1 is 1.00 bits per heavy atom. The topological polar surface area (TPSA) is 78.5 Å². The summed E-state index contributed by atoms with van der Waals surface area (Å²) in [6.45, 7) is 5.59. The van der Waals surface area contributed by atoms with Gasteiger partial charge in [0, 0.05) is 17.8 Å². The molecule has 0 unspecified atom stereocenters. The number of imide groups is 1. The number of hydrogen-bond donors (Lipinski definition) is 2. The molecule has 1 aliphatic heterocycles. The summed E-state index contributed by atoms with van der Waals surface area (Å²) < 4.78 is 12.9. The average Bonchev–Trinajstić information content (AvgIpc) is 2.85. The van der Waals surface area contributed by atoms with Crippen molar-refractivity contribution in [2.24, 2.45) is 0 Å². The predicted octanol–water partition coefficient (Wildman–Crippen LogP) is 3.54. The number of halogens is 1. The summed E-state index contributed by atoms with van der Waals surface area (Å²) in [6, 6.07) is 9.94. The summed E-state index contributed by atoms with van der Waals surface area (Å²) in [5.74, 6) is -1.06. The van der Waals surface area contributed by atoms with Crippen LogP contribution in [0.3, 0.4) is 0 Å². The van der Waals surface area contributed by atoms with Gasteiger partial charge in [0.05, 0.1) is 11.1 Å². The average molecular weight is 369 g/mol. The Morgan fingerprint density at radius 3 is 2.26 bits per heavy atom. The SMILES string of the molecule is CC(C)(C)N1C(=O)c2ccc(NC(=O)NCc3ccc(F)cc3)cc2C1=O. The van der Waals surface area contributed by atoms with Gasteiger partial charge in [-0.3, -0.25) is 14.5 Å². The smallest absolute Gasteiger partial charge is 0.319 e. The van der Waals surface area contributed by atoms with E-state index in [1.54, 1.807) is 39.0 Å². The molecule has 6 nitrogen and oxygen atoms in total. The number of hydrogen-bond acceptors (Lipinski definition) is 3. The van der Waals surface area contributed by atoms with Gasteiger partial charge < -0.3 is 10.6 Å². The summed E-state index contributed by atoms with van der Waals surface area (Å²) >= 11 is 0. The quantitative estimate of drug-likeness (QED) is 0.813. The van der Waals surface area contributed by atoms with Crippen LogP contribution in [-0.2, 0) is 6.54 Å². The number of fused-ring (bicyclic) bond motifs is 1. The number of amides is 4. The highest BCUT2D eigenvalue weighted by atomic mass is 19.1. The Morgan fingerprint density at radius 2 is 1.63 bits per heavy atom. The van der Waals surface area contributed by atoms with E-state index in [4.69, 9.17) is 0 Å². The van der Waals surface area contributed by atoms with Crippen molar-refractivity contribution in [1.29, 1.82) is 0 Å². The van der Waals surface area contributed by atoms with E-state index in [2.05, 4.69) is 10.6 Å². The molecular weight excluding hydrogens is 349 g/mol. The number of nitrogens with one attached hydrogen (secondary N) is 2. The molecule has 0 radical (unpaired) electrons. The molecule has 2 N–H and O–H groups in total. The van der Waals surface area contributed by atoms with Gasteiger partial charge in [0.25, 0.3) is 11.8 Å². The zero-order chi connectivity index (χ0) is 19.8. The molecule has 3 rings (SSSR count). The second-order valence-corrected chi connectivity index (χ2v) is 7.31. The van der Waals surface area contributed by atoms with Crippen LogP contribution < -0.4 is 10.6 Å². The van der Waals surface area contributed by atoms with Crippen molar-refractivity contribution < 1.29 is 18.8 Å². The number of rotatable bonds is 3. The first-order valence-electron chi connectivity index (χ1n) is 8.49. The number of carbonyl (C=O) groups excluding carboxylic acids is 3. The van der Waals surface area contributed by atoms with Gasteiger partial charge in [-0.05, 0) is 56.7 Å². The maximum atomic E-state index is 12.9. The summed E-state index contributed by atoms with van der Waals surface area (Å²) in [6.07, 6.45) is 0. The fourth-order valence-corrected chi connectivity index (χ4v) is 2.89. The van der Waals surface area contributed by atoms with Crippen molar-refractivity contribution in [3.63, 3.8) is 0 Å². The molecule has 2 aromatic carbocycles. The van der Waals surface area contributed by atoms with Crippen LogP contribution in [0.15, 0.2) is 42.5 Å². The van der Waals surface area contributed by atoms with E-state index >= 15 is 0 Å². The van der Waals surface area contributed by atoms with Crippen LogP contribution in [0.1, 0.15) is 47.1 Å². The third-order valence-electron chi connectivity index (χ3n) is 4.18. The predicted molar refractivity (Wildman–Crippen MR) is 99.0 cm³/mol. The molecule has 0 saturated carbocycles. The molecule has 0 aromatic heterocycles. The minimum absolute atomic E-state index is 0.228. The van der Waals surface area contributed by atoms with Crippen LogP contribution in [-0.4, -0.2) is 28.3 Å². The highest BCUT2D eigenvalue weighted by molar-refractivity contribution is 6.22. The molecule has 27 heavy (non-hydrogen) atoms. The molecule has 4 amide bonds. The van der Waals surface area contributed by atoms with Crippen LogP contribution in [0.5, 0.6) is 0 Å². The number of urea groups is 1. The largest absolute Gasteiger partial charge is 0.334 e. The lowest BCUT2D eigenvalue weighted by atomic mass is 10.1. The summed E-state index contributed by atoms with van der Waals surface area (Å²) in [7, 11) is 0. The summed E-state index contributed by atoms with van der Waals surface area (Å²) in [5, 5.41) is 5.29. The molecule has 2 aromatic rings. The molecule has 0 atom stereocenters. The zero-order valence-corrected chi connectivity index (χ0v) is 15.3. The molecular formula is C20H20FN3O3. The Labute approximate surface area is 156 Å². The number of nitrogens with zero attached hydrogens (tertiary/aromatic N) is 1. The first-order valence-corrected chi connectivity index (χ1v) is 8.49. The lowest BCUT2D eigenvalue weighted by Crippen LogP contribution is -2.45. The van der Waals surface area contributed by atoms with E-state index in [0.29, 0.717) is 11.3 Å². The van der Waals surface area contributed by atoms with Gasteiger partial charge in [0.15, 0.2) is 0 Å². The Bertz CT molecular complexity index is 917. The Hall–Kier alpha value is -3.22. The number of carbonyl (C=O) groups is 3. The number of benzene rings is 2. The van der Waals surface area contributed by atoms with Gasteiger partial charge in [-0.1, -0.05) is 12.1 Å². The fraction of sp³-hybridized carbons (Fsp3) is 0.250. The normalized spacial score (nSPS) is 13.6. The highest BCUT2D eigenvalue weighted by Crippen LogP contribution is 2.30. The lowest BCUT2D eigenvalue weighted by Gasteiger charge is -2.29. The third-order valence-corrected chi connectivity index (χ3v) is 4.18. The third kappa shape index (κ3) is 3.81. The van der Waals surface area contributed by atoms with Gasteiger partial charge in [0.1, 0.15) is 5.82 Å². The van der Waals surface area contributed by atoms with Crippen LogP contribution in [0.2, 0.25) is 0 Å². The molecule has 1 heterocycles. The van der Waals surface area contributed by atoms with Crippen molar-refractivity contribution in [3.8, 4) is 0 Å². The first-order chi connectivity index (χ1) is 12.7. The van der Waals surface area contributed by atoms with Gasteiger partial charge >= 0.3 is 6.03 Å². The second-order valence-electron chi connectivity index (χ2n) is 7.31. The van der Waals surface area contributed by atoms with Crippen molar-refractivity contribution in [2.75, 3.05) is 5.32 Å². The van der Waals surface area contributed by atoms with Gasteiger partial charge in [-0.2, -0.15) is 0 Å². The molecule has 0 aliphatic carbocycles. The molecule has 0 spiro atoms.